The molecule has 3 rings (SSSR count). The van der Waals surface area contributed by atoms with E-state index in [1.165, 1.54) is 17.0 Å². The molecule has 0 spiro atoms. The molecule has 7 nitrogen and oxygen atoms in total. The van der Waals surface area contributed by atoms with Crippen LogP contribution in [0, 0.1) is 13.8 Å². The molecular formula is C29H34ClN3O4S. The molecular weight excluding hydrogens is 522 g/mol. The fraction of sp³-hybridized carbons (Fsp3) is 0.310. The van der Waals surface area contributed by atoms with E-state index < -0.39 is 28.5 Å². The number of carbonyl (C=O) groups excluding carboxylic acids is 2. The minimum atomic E-state index is -4.10. The van der Waals surface area contributed by atoms with Gasteiger partial charge in [0.1, 0.15) is 12.6 Å². The zero-order valence-corrected chi connectivity index (χ0v) is 23.7. The maximum absolute atomic E-state index is 13.9. The number of halogens is 1. The van der Waals surface area contributed by atoms with Crippen molar-refractivity contribution in [1.29, 1.82) is 0 Å². The average molecular weight is 556 g/mol. The van der Waals surface area contributed by atoms with Crippen LogP contribution < -0.4 is 9.62 Å². The largest absolute Gasteiger partial charge is 0.354 e. The molecule has 0 unspecified atom stereocenters. The summed E-state index contributed by atoms with van der Waals surface area (Å²) in [6.45, 7) is 7.32. The fourth-order valence-electron chi connectivity index (χ4n) is 3.94. The van der Waals surface area contributed by atoms with Crippen molar-refractivity contribution in [1.82, 2.24) is 10.2 Å². The van der Waals surface area contributed by atoms with Gasteiger partial charge in [0.05, 0.1) is 10.6 Å². The minimum Gasteiger partial charge on any atom is -0.354 e. The second-order valence-electron chi connectivity index (χ2n) is 9.24. The van der Waals surface area contributed by atoms with Gasteiger partial charge in [-0.05, 0) is 68.7 Å². The first kappa shape index (κ1) is 29.2. The first-order chi connectivity index (χ1) is 18.0. The molecule has 0 fully saturated rings. The van der Waals surface area contributed by atoms with E-state index in [9.17, 15) is 18.0 Å². The predicted molar refractivity (Wildman–Crippen MR) is 152 cm³/mol. The van der Waals surface area contributed by atoms with Gasteiger partial charge in [-0.15, -0.1) is 0 Å². The Labute approximate surface area is 230 Å². The maximum Gasteiger partial charge on any atom is 0.264 e. The smallest absolute Gasteiger partial charge is 0.264 e. The number of anilines is 1. The quantitative estimate of drug-likeness (QED) is 0.357. The normalized spacial score (nSPS) is 12.0. The Morgan fingerprint density at radius 1 is 0.947 bits per heavy atom. The van der Waals surface area contributed by atoms with Crippen LogP contribution in [-0.4, -0.2) is 44.3 Å². The molecule has 0 aliphatic heterocycles. The van der Waals surface area contributed by atoms with Crippen LogP contribution in [0.4, 0.5) is 5.69 Å². The molecule has 9 heteroatoms. The van der Waals surface area contributed by atoms with E-state index in [1.807, 2.05) is 26.8 Å². The van der Waals surface area contributed by atoms with Crippen LogP contribution in [0.1, 0.15) is 37.0 Å². The van der Waals surface area contributed by atoms with Gasteiger partial charge in [0.25, 0.3) is 10.0 Å². The van der Waals surface area contributed by atoms with Crippen molar-refractivity contribution < 1.29 is 18.0 Å². The highest BCUT2D eigenvalue weighted by Crippen LogP contribution is 2.26. The summed E-state index contributed by atoms with van der Waals surface area (Å²) in [6, 6.07) is 19.7. The van der Waals surface area contributed by atoms with E-state index in [2.05, 4.69) is 5.32 Å². The van der Waals surface area contributed by atoms with Crippen molar-refractivity contribution >= 4 is 39.1 Å². The number of nitrogens with one attached hydrogen (secondary N) is 1. The number of hydrogen-bond donors (Lipinski definition) is 1. The summed E-state index contributed by atoms with van der Waals surface area (Å²) < 4.78 is 28.8. The lowest BCUT2D eigenvalue weighted by atomic mass is 10.1. The van der Waals surface area contributed by atoms with Gasteiger partial charge in [-0.2, -0.15) is 0 Å². The zero-order chi connectivity index (χ0) is 27.9. The molecule has 0 aliphatic rings. The lowest BCUT2D eigenvalue weighted by Crippen LogP contribution is -2.51. The van der Waals surface area contributed by atoms with Gasteiger partial charge in [-0.3, -0.25) is 13.9 Å². The molecule has 1 N–H and O–H groups in total. The van der Waals surface area contributed by atoms with Gasteiger partial charge >= 0.3 is 0 Å². The van der Waals surface area contributed by atoms with E-state index in [1.54, 1.807) is 61.5 Å². The Balaban J connectivity index is 2.03. The predicted octanol–water partition coefficient (Wildman–Crippen LogP) is 5.10. The van der Waals surface area contributed by atoms with Crippen molar-refractivity contribution in [2.45, 2.75) is 51.6 Å². The van der Waals surface area contributed by atoms with Crippen molar-refractivity contribution in [2.24, 2.45) is 0 Å². The van der Waals surface area contributed by atoms with Gasteiger partial charge < -0.3 is 10.2 Å². The molecule has 1 atom stereocenters. The highest BCUT2D eigenvalue weighted by atomic mass is 35.5. The first-order valence-electron chi connectivity index (χ1n) is 12.5. The molecule has 3 aromatic carbocycles. The lowest BCUT2D eigenvalue weighted by molar-refractivity contribution is -0.139. The Kier molecular flexibility index (Phi) is 9.94. The van der Waals surface area contributed by atoms with Crippen molar-refractivity contribution in [2.75, 3.05) is 17.4 Å². The average Bonchev–Trinajstić information content (AvgIpc) is 2.89. The standard InChI is InChI=1S/C29H34ClN3O4S/c1-5-17-31-29(35)23(4)32(19-24-10-6-7-12-27(24)30)28(34)20-33(25-11-8-9-22(3)18-25)38(36,37)26-15-13-21(2)14-16-26/h6-16,18,23H,5,17,19-20H2,1-4H3,(H,31,35)/t23-/m0/s1. The molecule has 0 heterocycles. The Bertz CT molecular complexity index is 1380. The number of nitrogens with zero attached hydrogens (tertiary/aromatic N) is 2. The van der Waals surface area contributed by atoms with Gasteiger partial charge in [0, 0.05) is 18.1 Å². The van der Waals surface area contributed by atoms with Crippen LogP contribution in [0.3, 0.4) is 0 Å². The highest BCUT2D eigenvalue weighted by Gasteiger charge is 2.32. The molecule has 0 saturated heterocycles. The topological polar surface area (TPSA) is 86.8 Å². The molecule has 0 aliphatic carbocycles. The molecule has 2 amide bonds. The fourth-order valence-corrected chi connectivity index (χ4v) is 5.54. The first-order valence-corrected chi connectivity index (χ1v) is 14.3. The number of sulfonamides is 1. The number of hydrogen-bond acceptors (Lipinski definition) is 4. The number of rotatable bonds is 11. The van der Waals surface area contributed by atoms with E-state index in [-0.39, 0.29) is 17.3 Å². The van der Waals surface area contributed by atoms with Crippen molar-refractivity contribution in [3.8, 4) is 0 Å². The number of aryl methyl sites for hydroxylation is 2. The van der Waals surface area contributed by atoms with Gasteiger partial charge in [0.2, 0.25) is 11.8 Å². The van der Waals surface area contributed by atoms with Crippen molar-refractivity contribution in [3.63, 3.8) is 0 Å². The number of benzene rings is 3. The maximum atomic E-state index is 13.9. The Morgan fingerprint density at radius 3 is 2.26 bits per heavy atom. The second kappa shape index (κ2) is 12.9. The number of amides is 2. The van der Waals surface area contributed by atoms with Gasteiger partial charge in [0.15, 0.2) is 0 Å². The summed E-state index contributed by atoms with van der Waals surface area (Å²) >= 11 is 6.38. The Morgan fingerprint density at radius 2 is 1.63 bits per heavy atom. The summed E-state index contributed by atoms with van der Waals surface area (Å²) in [6.07, 6.45) is 0.743. The molecule has 202 valence electrons. The van der Waals surface area contributed by atoms with Crippen LogP contribution in [0.25, 0.3) is 0 Å². The van der Waals surface area contributed by atoms with Crippen molar-refractivity contribution in [3.05, 3.63) is 94.5 Å². The van der Waals surface area contributed by atoms with E-state index >= 15 is 0 Å². The molecule has 38 heavy (non-hydrogen) atoms. The van der Waals surface area contributed by atoms with Crippen LogP contribution in [0.5, 0.6) is 0 Å². The molecule has 3 aromatic rings. The zero-order valence-electron chi connectivity index (χ0n) is 22.1. The SMILES string of the molecule is CCCNC(=O)[C@H](C)N(Cc1ccccc1Cl)C(=O)CN(c1cccc(C)c1)S(=O)(=O)c1ccc(C)cc1. The monoisotopic (exact) mass is 555 g/mol. The molecule has 0 radical (unpaired) electrons. The van der Waals surface area contributed by atoms with Crippen LogP contribution in [0.15, 0.2) is 77.7 Å². The lowest BCUT2D eigenvalue weighted by Gasteiger charge is -2.32. The molecule has 0 aromatic heterocycles. The van der Waals surface area contributed by atoms with Crippen LogP contribution in [-0.2, 0) is 26.2 Å². The van der Waals surface area contributed by atoms with E-state index in [4.69, 9.17) is 11.6 Å². The van der Waals surface area contributed by atoms with Gasteiger partial charge in [-0.25, -0.2) is 8.42 Å². The third-order valence-electron chi connectivity index (χ3n) is 6.19. The summed E-state index contributed by atoms with van der Waals surface area (Å²) in [5.74, 6) is -0.850. The summed E-state index contributed by atoms with van der Waals surface area (Å²) in [7, 11) is -4.10. The summed E-state index contributed by atoms with van der Waals surface area (Å²) in [4.78, 5) is 28.2. The highest BCUT2D eigenvalue weighted by molar-refractivity contribution is 7.92. The summed E-state index contributed by atoms with van der Waals surface area (Å²) in [5.41, 5.74) is 2.78. The van der Waals surface area contributed by atoms with E-state index in [0.29, 0.717) is 22.8 Å². The number of carbonyl (C=O) groups is 2. The van der Waals surface area contributed by atoms with E-state index in [0.717, 1.165) is 21.9 Å². The minimum absolute atomic E-state index is 0.0471. The second-order valence-corrected chi connectivity index (χ2v) is 11.5. The molecule has 0 bridgehead atoms. The molecule has 0 saturated carbocycles. The Hall–Kier alpha value is -3.36. The van der Waals surface area contributed by atoms with Crippen LogP contribution in [0.2, 0.25) is 5.02 Å². The third-order valence-corrected chi connectivity index (χ3v) is 8.35. The third kappa shape index (κ3) is 7.14. The van der Waals surface area contributed by atoms with Gasteiger partial charge in [-0.1, -0.05) is 66.6 Å². The van der Waals surface area contributed by atoms with Crippen LogP contribution >= 0.6 is 11.6 Å². The summed E-state index contributed by atoms with van der Waals surface area (Å²) in [5, 5.41) is 3.28.